The van der Waals surface area contributed by atoms with Crippen LogP contribution in [0.3, 0.4) is 0 Å². The summed E-state index contributed by atoms with van der Waals surface area (Å²) in [5.41, 5.74) is 1.75. The molecule has 1 saturated carbocycles. The van der Waals surface area contributed by atoms with Gasteiger partial charge >= 0.3 is 0 Å². The number of imidazole rings is 1. The molecule has 8 heteroatoms. The van der Waals surface area contributed by atoms with E-state index in [0.717, 1.165) is 25.7 Å². The van der Waals surface area contributed by atoms with Gasteiger partial charge in [0.15, 0.2) is 5.65 Å². The normalized spacial score (nSPS) is 19.6. The number of fused-ring (bicyclic) bond motifs is 1. The lowest BCUT2D eigenvalue weighted by Gasteiger charge is -2.26. The molecule has 0 unspecified atom stereocenters. The molecule has 2 heterocycles. The predicted molar refractivity (Wildman–Crippen MR) is 112 cm³/mol. The molecular weight excluding hydrogens is 371 g/mol. The highest BCUT2D eigenvalue weighted by atomic mass is 19.1. The van der Waals surface area contributed by atoms with Crippen molar-refractivity contribution < 1.29 is 9.50 Å². The first-order valence-electron chi connectivity index (χ1n) is 10.2. The van der Waals surface area contributed by atoms with Crippen LogP contribution in [0.2, 0.25) is 0 Å². The number of anilines is 3. The van der Waals surface area contributed by atoms with Crippen LogP contribution in [0.4, 0.5) is 22.0 Å². The largest absolute Gasteiger partial charge is 0.393 e. The van der Waals surface area contributed by atoms with Crippen LogP contribution in [0.1, 0.15) is 39.5 Å². The zero-order valence-corrected chi connectivity index (χ0v) is 16.8. The van der Waals surface area contributed by atoms with Gasteiger partial charge in [0, 0.05) is 12.6 Å². The first-order valence-corrected chi connectivity index (χ1v) is 10.2. The zero-order chi connectivity index (χ0) is 20.4. The summed E-state index contributed by atoms with van der Waals surface area (Å²) in [5, 5.41) is 16.2. The van der Waals surface area contributed by atoms with Gasteiger partial charge in [-0.2, -0.15) is 4.98 Å². The number of hydrogen-bond donors (Lipinski definition) is 3. The number of rotatable bonds is 6. The highest BCUT2D eigenvalue weighted by Crippen LogP contribution is 2.26. The summed E-state index contributed by atoms with van der Waals surface area (Å²) >= 11 is 0. The summed E-state index contributed by atoms with van der Waals surface area (Å²) in [5.74, 6) is 1.13. The number of aliphatic hydroxyl groups is 1. The number of aromatic nitrogens is 4. The summed E-state index contributed by atoms with van der Waals surface area (Å²) in [6.45, 7) is 4.93. The van der Waals surface area contributed by atoms with E-state index in [2.05, 4.69) is 34.4 Å². The molecule has 1 fully saturated rings. The van der Waals surface area contributed by atoms with Crippen molar-refractivity contribution in [1.82, 2.24) is 19.5 Å². The fourth-order valence-electron chi connectivity index (χ4n) is 3.71. The summed E-state index contributed by atoms with van der Waals surface area (Å²) in [7, 11) is 0. The topological polar surface area (TPSA) is 87.9 Å². The summed E-state index contributed by atoms with van der Waals surface area (Å²) in [6.07, 6.45) is 4.88. The lowest BCUT2D eigenvalue weighted by Crippen LogP contribution is -2.28. The van der Waals surface area contributed by atoms with Crippen LogP contribution >= 0.6 is 0 Å². The van der Waals surface area contributed by atoms with Crippen molar-refractivity contribution in [3.63, 3.8) is 0 Å². The predicted octanol–water partition coefficient (Wildman–Crippen LogP) is 4.08. The molecule has 0 aliphatic heterocycles. The molecule has 154 valence electrons. The van der Waals surface area contributed by atoms with E-state index in [1.54, 1.807) is 24.4 Å². The fraction of sp³-hybridized carbons (Fsp3) is 0.476. The Kier molecular flexibility index (Phi) is 5.62. The molecule has 29 heavy (non-hydrogen) atoms. The quantitative estimate of drug-likeness (QED) is 0.580. The van der Waals surface area contributed by atoms with Gasteiger partial charge in [-0.05, 0) is 43.7 Å². The van der Waals surface area contributed by atoms with E-state index in [0.29, 0.717) is 41.2 Å². The highest BCUT2D eigenvalue weighted by Gasteiger charge is 2.21. The molecular formula is C21H27FN6O. The van der Waals surface area contributed by atoms with Crippen LogP contribution in [-0.2, 0) is 6.54 Å². The van der Waals surface area contributed by atoms with Gasteiger partial charge in [0.1, 0.15) is 11.3 Å². The minimum Gasteiger partial charge on any atom is -0.393 e. The molecule has 0 bridgehead atoms. The number of nitrogens with zero attached hydrogens (tertiary/aromatic N) is 4. The van der Waals surface area contributed by atoms with Gasteiger partial charge in [-0.25, -0.2) is 14.4 Å². The van der Waals surface area contributed by atoms with Crippen molar-refractivity contribution in [2.24, 2.45) is 5.92 Å². The molecule has 3 aromatic rings. The van der Waals surface area contributed by atoms with E-state index < -0.39 is 0 Å². The molecule has 1 aromatic carbocycles. The lowest BCUT2D eigenvalue weighted by molar-refractivity contribution is 0.126. The fourth-order valence-corrected chi connectivity index (χ4v) is 3.71. The molecule has 3 N–H and O–H groups in total. The molecule has 0 atom stereocenters. The monoisotopic (exact) mass is 398 g/mol. The smallest absolute Gasteiger partial charge is 0.224 e. The maximum atomic E-state index is 14.1. The lowest BCUT2D eigenvalue weighted by atomic mass is 9.93. The zero-order valence-electron chi connectivity index (χ0n) is 16.8. The Morgan fingerprint density at radius 2 is 1.93 bits per heavy atom. The molecule has 4 rings (SSSR count). The van der Waals surface area contributed by atoms with Crippen LogP contribution < -0.4 is 10.6 Å². The SMILES string of the molecule is CC(C)Cn1c(Nc2ccccc2F)nc2cnc(NC3CCC(O)CC3)nc21. The van der Waals surface area contributed by atoms with E-state index in [1.165, 1.54) is 6.07 Å². The summed E-state index contributed by atoms with van der Waals surface area (Å²) < 4.78 is 16.1. The van der Waals surface area contributed by atoms with Gasteiger partial charge < -0.3 is 15.7 Å². The molecule has 0 saturated heterocycles. The number of para-hydroxylation sites is 1. The second-order valence-electron chi connectivity index (χ2n) is 8.10. The van der Waals surface area contributed by atoms with Gasteiger partial charge in [-0.3, -0.25) is 4.57 Å². The van der Waals surface area contributed by atoms with E-state index >= 15 is 0 Å². The molecule has 2 aromatic heterocycles. The van der Waals surface area contributed by atoms with Crippen LogP contribution in [0.15, 0.2) is 30.5 Å². The van der Waals surface area contributed by atoms with Crippen molar-refractivity contribution in [1.29, 1.82) is 0 Å². The number of nitrogens with one attached hydrogen (secondary N) is 2. The third-order valence-corrected chi connectivity index (χ3v) is 5.19. The first kappa shape index (κ1) is 19.6. The highest BCUT2D eigenvalue weighted by molar-refractivity contribution is 5.76. The van der Waals surface area contributed by atoms with Gasteiger partial charge in [0.25, 0.3) is 0 Å². The van der Waals surface area contributed by atoms with Crippen LogP contribution in [-0.4, -0.2) is 36.8 Å². The molecule has 0 spiro atoms. The maximum absolute atomic E-state index is 14.1. The average molecular weight is 398 g/mol. The van der Waals surface area contributed by atoms with Crippen molar-refractivity contribution in [3.8, 4) is 0 Å². The average Bonchev–Trinajstić information content (AvgIpc) is 3.02. The molecule has 1 aliphatic carbocycles. The van der Waals surface area contributed by atoms with Crippen molar-refractivity contribution in [3.05, 3.63) is 36.3 Å². The number of hydrogen-bond acceptors (Lipinski definition) is 6. The minimum atomic E-state index is -0.330. The van der Waals surface area contributed by atoms with Gasteiger partial charge in [-0.1, -0.05) is 26.0 Å². The Hall–Kier alpha value is -2.74. The van der Waals surface area contributed by atoms with Crippen molar-refractivity contribution >= 4 is 28.7 Å². The second kappa shape index (κ2) is 8.32. The summed E-state index contributed by atoms with van der Waals surface area (Å²) in [6, 6.07) is 6.80. The van der Waals surface area contributed by atoms with Crippen molar-refractivity contribution in [2.45, 2.75) is 58.2 Å². The van der Waals surface area contributed by atoms with Gasteiger partial charge in [-0.15, -0.1) is 0 Å². The summed E-state index contributed by atoms with van der Waals surface area (Å²) in [4.78, 5) is 13.7. The first-order chi connectivity index (χ1) is 14.0. The van der Waals surface area contributed by atoms with Gasteiger partial charge in [0.2, 0.25) is 11.9 Å². The third-order valence-electron chi connectivity index (χ3n) is 5.19. The number of aliphatic hydroxyl groups excluding tert-OH is 1. The van der Waals surface area contributed by atoms with Crippen LogP contribution in [0.25, 0.3) is 11.2 Å². The molecule has 1 aliphatic rings. The van der Waals surface area contributed by atoms with E-state index in [-0.39, 0.29) is 18.0 Å². The number of benzene rings is 1. The standard InChI is InChI=1S/C21H27FN6O/c1-13(2)12-28-19-18(26-21(28)25-17-6-4-3-5-16(17)22)11-23-20(27-19)24-14-7-9-15(29)10-8-14/h3-6,11,13-15,29H,7-10,12H2,1-2H3,(H,25,26)(H,23,24,27). The van der Waals surface area contributed by atoms with E-state index in [4.69, 9.17) is 4.98 Å². The second-order valence-corrected chi connectivity index (χ2v) is 8.10. The molecule has 7 nitrogen and oxygen atoms in total. The minimum absolute atomic E-state index is 0.198. The maximum Gasteiger partial charge on any atom is 0.224 e. The Bertz CT molecular complexity index is 980. The van der Waals surface area contributed by atoms with Crippen LogP contribution in [0, 0.1) is 11.7 Å². The number of halogens is 1. The Morgan fingerprint density at radius 1 is 1.17 bits per heavy atom. The van der Waals surface area contributed by atoms with Crippen LogP contribution in [0.5, 0.6) is 0 Å². The van der Waals surface area contributed by atoms with E-state index in [1.807, 2.05) is 4.57 Å². The third kappa shape index (κ3) is 4.48. The Balaban J connectivity index is 1.64. The van der Waals surface area contributed by atoms with Crippen molar-refractivity contribution in [2.75, 3.05) is 10.6 Å². The molecule has 0 radical (unpaired) electrons. The van der Waals surface area contributed by atoms with E-state index in [9.17, 15) is 9.50 Å². The Morgan fingerprint density at radius 3 is 2.66 bits per heavy atom. The Labute approximate surface area is 169 Å². The molecule has 0 amide bonds. The van der Waals surface area contributed by atoms with Gasteiger partial charge in [0.05, 0.1) is 18.0 Å².